The molecule has 0 atom stereocenters. The van der Waals surface area contributed by atoms with Gasteiger partial charge in [-0.3, -0.25) is 0 Å². The van der Waals surface area contributed by atoms with Gasteiger partial charge < -0.3 is 14.2 Å². The van der Waals surface area contributed by atoms with E-state index in [1.807, 2.05) is 12.1 Å². The average molecular weight is 410 g/mol. The van der Waals surface area contributed by atoms with Gasteiger partial charge in [0.1, 0.15) is 11.5 Å². The lowest BCUT2D eigenvalue weighted by Gasteiger charge is -2.09. The summed E-state index contributed by atoms with van der Waals surface area (Å²) in [5, 5.41) is 0. The van der Waals surface area contributed by atoms with E-state index in [1.165, 1.54) is 0 Å². The van der Waals surface area contributed by atoms with Crippen molar-refractivity contribution in [1.29, 1.82) is 0 Å². The molecule has 0 aliphatic carbocycles. The second-order valence-corrected chi connectivity index (χ2v) is 5.60. The van der Waals surface area contributed by atoms with E-state index >= 15 is 0 Å². The van der Waals surface area contributed by atoms with Gasteiger partial charge in [-0.05, 0) is 65.1 Å². The van der Waals surface area contributed by atoms with Crippen LogP contribution in [0.5, 0.6) is 11.5 Å². The van der Waals surface area contributed by atoms with Gasteiger partial charge in [0.2, 0.25) is 0 Å². The van der Waals surface area contributed by atoms with Crippen LogP contribution in [0.25, 0.3) is 6.08 Å². The molecule has 2 aromatic rings. The molecule has 0 amide bonds. The number of methoxy groups -OCH3 is 1. The molecule has 5 heteroatoms. The van der Waals surface area contributed by atoms with Gasteiger partial charge in [0.15, 0.2) is 6.79 Å². The Kier molecular flexibility index (Phi) is 5.97. The molecule has 0 spiro atoms. The fraction of sp³-hybridized carbons (Fsp3) is 0.118. The number of rotatable bonds is 6. The molecule has 0 N–H and O–H groups in total. The van der Waals surface area contributed by atoms with Gasteiger partial charge in [0, 0.05) is 16.2 Å². The second kappa shape index (κ2) is 7.95. The van der Waals surface area contributed by atoms with Crippen LogP contribution in [0.4, 0.5) is 0 Å². The lowest BCUT2D eigenvalue weighted by atomic mass is 10.2. The summed E-state index contributed by atoms with van der Waals surface area (Å²) in [7, 11) is 1.55. The molecule has 2 aromatic carbocycles. The first kappa shape index (κ1) is 16.5. The van der Waals surface area contributed by atoms with Crippen molar-refractivity contribution in [3.8, 4) is 11.5 Å². The number of carbonyl (C=O) groups excluding carboxylic acids is 1. The average Bonchev–Trinajstić information content (AvgIpc) is 2.54. The molecule has 0 saturated heterocycles. The van der Waals surface area contributed by atoms with Crippen LogP contribution in [0.2, 0.25) is 0 Å². The van der Waals surface area contributed by atoms with E-state index in [0.717, 1.165) is 9.13 Å². The summed E-state index contributed by atoms with van der Waals surface area (Å²) in [6.07, 6.45) is 1.66. The summed E-state index contributed by atoms with van der Waals surface area (Å²) in [6.45, 7) is 3.89. The zero-order chi connectivity index (χ0) is 15.9. The van der Waals surface area contributed by atoms with E-state index in [9.17, 15) is 4.79 Å². The Morgan fingerprint density at radius 3 is 2.59 bits per heavy atom. The highest BCUT2D eigenvalue weighted by Gasteiger charge is 2.11. The minimum Gasteiger partial charge on any atom is -0.468 e. The summed E-state index contributed by atoms with van der Waals surface area (Å²) in [4.78, 5) is 12.2. The highest BCUT2D eigenvalue weighted by atomic mass is 127. The van der Waals surface area contributed by atoms with Gasteiger partial charge in [-0.25, -0.2) is 4.79 Å². The number of hydrogen-bond donors (Lipinski definition) is 0. The Morgan fingerprint density at radius 2 is 1.95 bits per heavy atom. The first-order chi connectivity index (χ1) is 10.6. The fourth-order valence-electron chi connectivity index (χ4n) is 1.74. The van der Waals surface area contributed by atoms with Crippen LogP contribution in [0, 0.1) is 3.57 Å². The smallest absolute Gasteiger partial charge is 0.343 e. The number of hydrogen-bond acceptors (Lipinski definition) is 4. The molecule has 114 valence electrons. The van der Waals surface area contributed by atoms with Crippen LogP contribution in [0.15, 0.2) is 49.0 Å². The van der Waals surface area contributed by atoms with Gasteiger partial charge in [0.25, 0.3) is 0 Å². The van der Waals surface area contributed by atoms with Crippen molar-refractivity contribution in [2.24, 2.45) is 0 Å². The Morgan fingerprint density at radius 1 is 1.23 bits per heavy atom. The van der Waals surface area contributed by atoms with E-state index in [4.69, 9.17) is 14.2 Å². The molecule has 0 unspecified atom stereocenters. The summed E-state index contributed by atoms with van der Waals surface area (Å²) in [5.74, 6) is 0.683. The third kappa shape index (κ3) is 4.32. The number of carbonyl (C=O) groups is 1. The van der Waals surface area contributed by atoms with Gasteiger partial charge in [-0.2, -0.15) is 0 Å². The molecule has 4 nitrogen and oxygen atoms in total. The molecule has 2 rings (SSSR count). The predicted octanol–water partition coefficient (Wildman–Crippen LogP) is 4.14. The topological polar surface area (TPSA) is 44.8 Å². The molecule has 0 radical (unpaired) electrons. The molecule has 0 saturated carbocycles. The van der Waals surface area contributed by atoms with E-state index < -0.39 is 5.97 Å². The quantitative estimate of drug-likeness (QED) is 0.311. The normalized spacial score (nSPS) is 10.1. The van der Waals surface area contributed by atoms with Crippen LogP contribution in [-0.4, -0.2) is 19.9 Å². The predicted molar refractivity (Wildman–Crippen MR) is 93.2 cm³/mol. The van der Waals surface area contributed by atoms with Gasteiger partial charge in [0.05, 0.1) is 5.56 Å². The van der Waals surface area contributed by atoms with Crippen molar-refractivity contribution in [3.05, 3.63) is 63.7 Å². The minimum atomic E-state index is -0.428. The van der Waals surface area contributed by atoms with Crippen LogP contribution in [0.3, 0.4) is 0 Å². The monoisotopic (exact) mass is 410 g/mol. The molecule has 0 heterocycles. The third-order valence-corrected chi connectivity index (χ3v) is 3.50. The molecule has 0 fully saturated rings. The SMILES string of the molecule is C=Cc1cc(I)ccc1OC(=O)c1ccc(OCOC)cc1. The molecule has 0 aliphatic rings. The molecule has 22 heavy (non-hydrogen) atoms. The number of ether oxygens (including phenoxy) is 3. The van der Waals surface area contributed by atoms with Crippen molar-refractivity contribution in [2.45, 2.75) is 0 Å². The molecule has 0 aromatic heterocycles. The highest BCUT2D eigenvalue weighted by Crippen LogP contribution is 2.23. The maximum absolute atomic E-state index is 12.2. The van der Waals surface area contributed by atoms with Crippen molar-refractivity contribution in [1.82, 2.24) is 0 Å². The molecular weight excluding hydrogens is 395 g/mol. The van der Waals surface area contributed by atoms with Crippen LogP contribution in [0.1, 0.15) is 15.9 Å². The zero-order valence-electron chi connectivity index (χ0n) is 12.0. The Bertz CT molecular complexity index is 665. The maximum Gasteiger partial charge on any atom is 0.343 e. The summed E-state index contributed by atoms with van der Waals surface area (Å²) in [6, 6.07) is 12.2. The Labute approximate surface area is 142 Å². The third-order valence-electron chi connectivity index (χ3n) is 2.83. The van der Waals surface area contributed by atoms with Gasteiger partial charge in [-0.1, -0.05) is 12.7 Å². The Hall–Kier alpha value is -1.86. The number of halogens is 1. The molecule has 0 aliphatic heterocycles. The van der Waals surface area contributed by atoms with Crippen molar-refractivity contribution in [3.63, 3.8) is 0 Å². The lowest BCUT2D eigenvalue weighted by Crippen LogP contribution is -2.09. The summed E-state index contributed by atoms with van der Waals surface area (Å²) < 4.78 is 16.6. The largest absolute Gasteiger partial charge is 0.468 e. The van der Waals surface area contributed by atoms with Gasteiger partial charge >= 0.3 is 5.97 Å². The highest BCUT2D eigenvalue weighted by molar-refractivity contribution is 14.1. The summed E-state index contributed by atoms with van der Waals surface area (Å²) in [5.41, 5.74) is 1.22. The van der Waals surface area contributed by atoms with Crippen molar-refractivity contribution in [2.75, 3.05) is 13.9 Å². The number of esters is 1. The van der Waals surface area contributed by atoms with Crippen LogP contribution in [-0.2, 0) is 4.74 Å². The lowest BCUT2D eigenvalue weighted by molar-refractivity contribution is 0.0511. The maximum atomic E-state index is 12.2. The molecular formula is C17H15IO4. The van der Waals surface area contributed by atoms with E-state index in [-0.39, 0.29) is 6.79 Å². The second-order valence-electron chi connectivity index (χ2n) is 4.35. The Balaban J connectivity index is 2.10. The fourth-order valence-corrected chi connectivity index (χ4v) is 2.26. The molecule has 0 bridgehead atoms. The standard InChI is InChI=1S/C17H15IO4/c1-3-12-10-14(18)6-9-16(12)22-17(19)13-4-7-15(8-5-13)21-11-20-2/h3-10H,1,11H2,2H3. The van der Waals surface area contributed by atoms with Crippen molar-refractivity contribution < 1.29 is 19.0 Å². The van der Waals surface area contributed by atoms with Crippen LogP contribution >= 0.6 is 22.6 Å². The minimum absolute atomic E-state index is 0.162. The number of benzene rings is 2. The van der Waals surface area contributed by atoms with Crippen LogP contribution < -0.4 is 9.47 Å². The zero-order valence-corrected chi connectivity index (χ0v) is 14.2. The van der Waals surface area contributed by atoms with E-state index in [2.05, 4.69) is 29.2 Å². The van der Waals surface area contributed by atoms with Crippen molar-refractivity contribution >= 4 is 34.6 Å². The van der Waals surface area contributed by atoms with Gasteiger partial charge in [-0.15, -0.1) is 0 Å². The first-order valence-electron chi connectivity index (χ1n) is 6.50. The van der Waals surface area contributed by atoms with E-state index in [1.54, 1.807) is 43.5 Å². The first-order valence-corrected chi connectivity index (χ1v) is 7.58. The summed E-state index contributed by atoms with van der Waals surface area (Å²) >= 11 is 2.19. The van der Waals surface area contributed by atoms with E-state index in [0.29, 0.717) is 17.1 Å².